The molecule has 1 unspecified atom stereocenters. The fourth-order valence-electron chi connectivity index (χ4n) is 1.47. The molecule has 1 aromatic rings. The first-order valence-electron chi connectivity index (χ1n) is 4.36. The molecule has 1 aromatic carbocycles. The lowest BCUT2D eigenvalue weighted by Crippen LogP contribution is -2.41. The third kappa shape index (κ3) is 1.38. The topological polar surface area (TPSA) is 44.1 Å². The van der Waals surface area contributed by atoms with Crippen molar-refractivity contribution in [1.82, 2.24) is 0 Å². The highest BCUT2D eigenvalue weighted by Gasteiger charge is 2.42. The van der Waals surface area contributed by atoms with Crippen molar-refractivity contribution in [2.24, 2.45) is 0 Å². The zero-order valence-corrected chi connectivity index (χ0v) is 7.72. The summed E-state index contributed by atoms with van der Waals surface area (Å²) in [5.74, 6) is -2.89. The van der Waals surface area contributed by atoms with Crippen molar-refractivity contribution in [2.75, 3.05) is 4.90 Å². The van der Waals surface area contributed by atoms with Gasteiger partial charge in [0.2, 0.25) is 0 Å². The first kappa shape index (κ1) is 9.41. The molecule has 1 aliphatic rings. The molecule has 0 spiro atoms. The summed E-state index contributed by atoms with van der Waals surface area (Å²) in [5.41, 5.74) is 0.372. The number of nitrogens with zero attached hydrogens (tertiary/aromatic N) is 2. The monoisotopic (exact) mass is 202 g/mol. The third-order valence-corrected chi connectivity index (χ3v) is 2.16. The lowest BCUT2D eigenvalue weighted by molar-refractivity contribution is -0.114. The van der Waals surface area contributed by atoms with Crippen molar-refractivity contribution < 1.29 is 9.18 Å². The molecule has 15 heavy (non-hydrogen) atoms. The van der Waals surface area contributed by atoms with Crippen molar-refractivity contribution in [3.8, 4) is 6.07 Å². The van der Waals surface area contributed by atoms with Gasteiger partial charge in [-0.25, -0.2) is 0 Å². The van der Waals surface area contributed by atoms with E-state index in [1.807, 2.05) is 0 Å². The second-order valence-corrected chi connectivity index (χ2v) is 3.13. The fraction of sp³-hybridized carbons (Fsp3) is 0.0909. The van der Waals surface area contributed by atoms with E-state index in [0.717, 1.165) is 17.1 Å². The van der Waals surface area contributed by atoms with E-state index in [1.54, 1.807) is 30.3 Å². The largest absolute Gasteiger partial charge is 0.295 e. The van der Waals surface area contributed by atoms with E-state index >= 15 is 0 Å². The maximum Gasteiger partial charge on any atom is 0.295 e. The van der Waals surface area contributed by atoms with Gasteiger partial charge in [0, 0.05) is 11.8 Å². The molecule has 0 saturated carbocycles. The van der Waals surface area contributed by atoms with Crippen LogP contribution in [0, 0.1) is 11.3 Å². The highest BCUT2D eigenvalue weighted by Crippen LogP contribution is 2.30. The quantitative estimate of drug-likeness (QED) is 0.651. The smallest absolute Gasteiger partial charge is 0.269 e. The van der Waals surface area contributed by atoms with Crippen LogP contribution in [0.15, 0.2) is 42.5 Å². The molecule has 0 bridgehead atoms. The highest BCUT2D eigenvalue weighted by molar-refractivity contribution is 6.06. The summed E-state index contributed by atoms with van der Waals surface area (Å²) in [6.07, 6.45) is 2.03. The summed E-state index contributed by atoms with van der Waals surface area (Å²) in [6, 6.07) is 9.74. The van der Waals surface area contributed by atoms with Gasteiger partial charge in [-0.1, -0.05) is 18.2 Å². The Kier molecular flexibility index (Phi) is 2.01. The van der Waals surface area contributed by atoms with E-state index in [2.05, 4.69) is 0 Å². The zero-order chi connectivity index (χ0) is 10.9. The standard InChI is InChI=1S/C11H7FN2O/c12-11(8-13)7-6-10(15)14(11)9-4-2-1-3-5-9/h1-7H. The van der Waals surface area contributed by atoms with E-state index in [-0.39, 0.29) is 0 Å². The number of para-hydroxylation sites is 1. The second-order valence-electron chi connectivity index (χ2n) is 3.13. The number of rotatable bonds is 1. The Morgan fingerprint density at radius 3 is 2.60 bits per heavy atom. The molecular formula is C11H7FN2O. The van der Waals surface area contributed by atoms with Gasteiger partial charge in [-0.3, -0.25) is 9.69 Å². The predicted octanol–water partition coefficient (Wildman–Crippen LogP) is 1.78. The maximum atomic E-state index is 13.9. The van der Waals surface area contributed by atoms with Gasteiger partial charge in [0.1, 0.15) is 6.07 Å². The zero-order valence-electron chi connectivity index (χ0n) is 7.72. The van der Waals surface area contributed by atoms with Gasteiger partial charge in [0.15, 0.2) is 0 Å². The number of carbonyl (C=O) groups is 1. The van der Waals surface area contributed by atoms with Crippen molar-refractivity contribution in [3.63, 3.8) is 0 Å². The van der Waals surface area contributed by atoms with Crippen LogP contribution in [0.5, 0.6) is 0 Å². The van der Waals surface area contributed by atoms with Crippen LogP contribution < -0.4 is 4.90 Å². The molecule has 1 aliphatic heterocycles. The van der Waals surface area contributed by atoms with E-state index in [9.17, 15) is 9.18 Å². The average Bonchev–Trinajstić information content (AvgIpc) is 2.57. The SMILES string of the molecule is N#CC1(F)C=CC(=O)N1c1ccccc1. The van der Waals surface area contributed by atoms with Crippen molar-refractivity contribution in [2.45, 2.75) is 5.79 Å². The molecule has 4 heteroatoms. The highest BCUT2D eigenvalue weighted by atomic mass is 19.1. The van der Waals surface area contributed by atoms with Gasteiger partial charge < -0.3 is 0 Å². The molecule has 1 heterocycles. The normalized spacial score (nSPS) is 24.3. The Balaban J connectivity index is 2.46. The summed E-state index contributed by atoms with van der Waals surface area (Å²) in [4.78, 5) is 12.2. The average molecular weight is 202 g/mol. The minimum absolute atomic E-state index is 0.372. The summed E-state index contributed by atoms with van der Waals surface area (Å²) >= 11 is 0. The number of amides is 1. The Bertz CT molecular complexity index is 463. The van der Waals surface area contributed by atoms with Crippen molar-refractivity contribution >= 4 is 11.6 Å². The molecule has 0 fully saturated rings. The number of anilines is 1. The number of carbonyl (C=O) groups excluding carboxylic acids is 1. The first-order chi connectivity index (χ1) is 7.17. The van der Waals surface area contributed by atoms with Crippen LogP contribution in [0.1, 0.15) is 0 Å². The van der Waals surface area contributed by atoms with E-state index < -0.39 is 11.7 Å². The molecule has 0 aliphatic carbocycles. The van der Waals surface area contributed by atoms with E-state index in [4.69, 9.17) is 5.26 Å². The van der Waals surface area contributed by atoms with Gasteiger partial charge in [0.25, 0.3) is 11.7 Å². The molecule has 1 atom stereocenters. The van der Waals surface area contributed by atoms with Crippen LogP contribution in [-0.4, -0.2) is 11.7 Å². The molecule has 2 rings (SSSR count). The van der Waals surface area contributed by atoms with Gasteiger partial charge in [0.05, 0.1) is 0 Å². The van der Waals surface area contributed by atoms with Crippen LogP contribution in [0.4, 0.5) is 10.1 Å². The van der Waals surface area contributed by atoms with Crippen LogP contribution in [0.3, 0.4) is 0 Å². The number of hydrogen-bond acceptors (Lipinski definition) is 2. The van der Waals surface area contributed by atoms with Crippen LogP contribution in [0.2, 0.25) is 0 Å². The third-order valence-electron chi connectivity index (χ3n) is 2.16. The molecular weight excluding hydrogens is 195 g/mol. The lowest BCUT2D eigenvalue weighted by atomic mass is 10.2. The molecule has 3 nitrogen and oxygen atoms in total. The number of nitriles is 1. The maximum absolute atomic E-state index is 13.9. The number of hydrogen-bond donors (Lipinski definition) is 0. The minimum Gasteiger partial charge on any atom is -0.269 e. The van der Waals surface area contributed by atoms with Crippen molar-refractivity contribution in [1.29, 1.82) is 5.26 Å². The lowest BCUT2D eigenvalue weighted by Gasteiger charge is -2.24. The summed E-state index contributed by atoms with van der Waals surface area (Å²) in [6.45, 7) is 0. The minimum atomic E-state index is -2.36. The fourth-order valence-corrected chi connectivity index (χ4v) is 1.47. The number of halogens is 1. The van der Waals surface area contributed by atoms with Gasteiger partial charge in [-0.15, -0.1) is 0 Å². The van der Waals surface area contributed by atoms with Crippen LogP contribution in [0.25, 0.3) is 0 Å². The second kappa shape index (κ2) is 3.21. The van der Waals surface area contributed by atoms with Gasteiger partial charge >= 0.3 is 0 Å². The molecule has 0 radical (unpaired) electrons. The molecule has 1 amide bonds. The van der Waals surface area contributed by atoms with Crippen LogP contribution in [-0.2, 0) is 4.79 Å². The van der Waals surface area contributed by atoms with Crippen LogP contribution >= 0.6 is 0 Å². The van der Waals surface area contributed by atoms with E-state index in [0.29, 0.717) is 5.69 Å². The van der Waals surface area contributed by atoms with Gasteiger partial charge in [-0.2, -0.15) is 9.65 Å². The van der Waals surface area contributed by atoms with Crippen molar-refractivity contribution in [3.05, 3.63) is 42.5 Å². The number of alkyl halides is 1. The van der Waals surface area contributed by atoms with Gasteiger partial charge in [-0.05, 0) is 18.2 Å². The number of benzene rings is 1. The Morgan fingerprint density at radius 1 is 1.33 bits per heavy atom. The summed E-state index contributed by atoms with van der Waals surface area (Å²) < 4.78 is 13.9. The Hall–Kier alpha value is -2.15. The molecule has 0 aromatic heterocycles. The summed E-state index contributed by atoms with van der Waals surface area (Å²) in [7, 11) is 0. The first-order valence-corrected chi connectivity index (χ1v) is 4.36. The molecule has 0 saturated heterocycles. The predicted molar refractivity (Wildman–Crippen MR) is 52.5 cm³/mol. The molecule has 74 valence electrons. The summed E-state index contributed by atoms with van der Waals surface area (Å²) in [5, 5.41) is 8.70. The Morgan fingerprint density at radius 2 is 2.00 bits per heavy atom. The molecule has 0 N–H and O–H groups in total. The Labute approximate surface area is 86.0 Å². The van der Waals surface area contributed by atoms with E-state index in [1.165, 1.54) is 6.07 Å².